The number of likely N-dealkylation sites (tertiary alicyclic amines) is 1. The second kappa shape index (κ2) is 9.40. The van der Waals surface area contributed by atoms with Gasteiger partial charge in [0, 0.05) is 20.2 Å². The van der Waals surface area contributed by atoms with Gasteiger partial charge in [0.15, 0.2) is 10.7 Å². The largest absolute Gasteiger partial charge is 0.405 e. The van der Waals surface area contributed by atoms with Crippen LogP contribution in [0.5, 0.6) is 0 Å². The second-order valence-corrected chi connectivity index (χ2v) is 6.49. The molecule has 2 aliphatic rings. The van der Waals surface area contributed by atoms with Crippen LogP contribution >= 0.6 is 11.8 Å². The predicted molar refractivity (Wildman–Crippen MR) is 95.3 cm³/mol. The van der Waals surface area contributed by atoms with Gasteiger partial charge in [-0.15, -0.1) is 0 Å². The zero-order valence-corrected chi connectivity index (χ0v) is 14.5. The van der Waals surface area contributed by atoms with Crippen LogP contribution in [0.25, 0.3) is 0 Å². The number of piperidine rings is 1. The number of carbonyl (C=O) groups excluding carboxylic acids is 1. The molecule has 0 saturated carbocycles. The zero-order chi connectivity index (χ0) is 17.4. The lowest BCUT2D eigenvalue weighted by molar-refractivity contribution is -0.125. The summed E-state index contributed by atoms with van der Waals surface area (Å²) >= 11 is 1.44. The van der Waals surface area contributed by atoms with E-state index in [0.717, 1.165) is 36.9 Å². The van der Waals surface area contributed by atoms with Crippen molar-refractivity contribution in [2.45, 2.75) is 24.4 Å². The molecule has 9 nitrogen and oxygen atoms in total. The van der Waals surface area contributed by atoms with Crippen LogP contribution in [0.4, 0.5) is 0 Å². The summed E-state index contributed by atoms with van der Waals surface area (Å²) in [4.78, 5) is 18.3. The van der Waals surface area contributed by atoms with Crippen LogP contribution in [0.2, 0.25) is 0 Å². The van der Waals surface area contributed by atoms with Gasteiger partial charge in [-0.25, -0.2) is 5.43 Å². The molecule has 2 fully saturated rings. The summed E-state index contributed by atoms with van der Waals surface area (Å²) in [5.41, 5.74) is 17.0. The third-order valence-electron chi connectivity index (χ3n) is 3.61. The highest BCUT2D eigenvalue weighted by atomic mass is 32.2. The third kappa shape index (κ3) is 5.62. The summed E-state index contributed by atoms with van der Waals surface area (Å²) in [7, 11) is 1.49. The van der Waals surface area contributed by atoms with Gasteiger partial charge >= 0.3 is 0 Å². The number of ether oxygens (including phenoxy) is 1. The van der Waals surface area contributed by atoms with E-state index >= 15 is 0 Å². The normalized spacial score (nSPS) is 24.5. The minimum absolute atomic E-state index is 0.0396. The molecule has 1 atom stereocenters. The van der Waals surface area contributed by atoms with Crippen LogP contribution in [0.15, 0.2) is 29.2 Å². The van der Waals surface area contributed by atoms with Crippen molar-refractivity contribution in [3.8, 4) is 0 Å². The number of hydrogen-bond acceptors (Lipinski definition) is 8. The number of nitrogens with zero attached hydrogens (tertiary/aromatic N) is 2. The van der Waals surface area contributed by atoms with Gasteiger partial charge in [-0.2, -0.15) is 0 Å². The number of methoxy groups -OCH3 is 1. The van der Waals surface area contributed by atoms with Crippen molar-refractivity contribution in [1.82, 2.24) is 21.1 Å². The maximum atomic E-state index is 11.5. The second-order valence-electron chi connectivity index (χ2n) is 5.40. The van der Waals surface area contributed by atoms with Crippen LogP contribution < -0.4 is 27.6 Å². The number of amides is 1. The molecular weight excluding hydrogens is 330 g/mol. The number of nitrogens with one attached hydrogen (secondary N) is 3. The monoisotopic (exact) mass is 355 g/mol. The van der Waals surface area contributed by atoms with E-state index in [9.17, 15) is 4.79 Å². The summed E-state index contributed by atoms with van der Waals surface area (Å²) in [6.45, 7) is 1.75. The van der Waals surface area contributed by atoms with Crippen LogP contribution in [0.1, 0.15) is 12.8 Å². The fourth-order valence-electron chi connectivity index (χ4n) is 2.42. The summed E-state index contributed by atoms with van der Waals surface area (Å²) in [5.74, 6) is 0.548. The minimum atomic E-state index is -0.242. The van der Waals surface area contributed by atoms with Crippen LogP contribution in [0, 0.1) is 0 Å². The maximum absolute atomic E-state index is 11.5. The van der Waals surface area contributed by atoms with E-state index in [4.69, 9.17) is 21.2 Å². The lowest BCUT2D eigenvalue weighted by atomic mass is 10.1. The lowest BCUT2D eigenvalue weighted by Crippen LogP contribution is -2.44. The first-order valence-electron chi connectivity index (χ1n) is 7.75. The standard InChI is InChI=1S/C14H25N7O2S/c1-23-9-12(22)18-14-20-19-13(24-14)17-10-4-7-21(8-5-10)11(16)3-2-6-15/h2-3,6,10,14,20H,4-5,7-9,15-16H2,1H3,(H,17,19)(H,18,22)/b6-2-,11-3+. The Hall–Kier alpha value is -1.91. The van der Waals surface area contributed by atoms with Gasteiger partial charge in [-0.1, -0.05) is 0 Å². The van der Waals surface area contributed by atoms with Crippen molar-refractivity contribution >= 4 is 22.8 Å². The average molecular weight is 355 g/mol. The number of thioether (sulfide) groups is 1. The van der Waals surface area contributed by atoms with Crippen molar-refractivity contribution in [3.63, 3.8) is 0 Å². The quantitative estimate of drug-likeness (QED) is 0.382. The van der Waals surface area contributed by atoms with Gasteiger partial charge in [-0.3, -0.25) is 15.2 Å². The first-order chi connectivity index (χ1) is 11.6. The highest BCUT2D eigenvalue weighted by molar-refractivity contribution is 8.14. The molecule has 0 aromatic rings. The minimum Gasteiger partial charge on any atom is -0.405 e. The molecule has 7 N–H and O–H groups in total. The Kier molecular flexibility index (Phi) is 7.22. The maximum Gasteiger partial charge on any atom is 0.247 e. The topological polar surface area (TPSA) is 130 Å². The molecule has 1 amide bonds. The molecule has 0 bridgehead atoms. The van der Waals surface area contributed by atoms with E-state index in [2.05, 4.69) is 21.1 Å². The summed E-state index contributed by atoms with van der Waals surface area (Å²) < 4.78 is 4.79. The molecule has 0 aromatic heterocycles. The highest BCUT2D eigenvalue weighted by Crippen LogP contribution is 2.19. The number of amidine groups is 1. The fourth-order valence-corrected chi connectivity index (χ4v) is 3.28. The fraction of sp³-hybridized carbons (Fsp3) is 0.571. The molecular formula is C14H25N7O2S. The van der Waals surface area contributed by atoms with Gasteiger partial charge in [0.1, 0.15) is 6.61 Å². The van der Waals surface area contributed by atoms with Crippen molar-refractivity contribution in [3.05, 3.63) is 24.2 Å². The molecule has 2 aliphatic heterocycles. The molecule has 0 spiro atoms. The van der Waals surface area contributed by atoms with Crippen LogP contribution in [-0.2, 0) is 9.53 Å². The Morgan fingerprint density at radius 3 is 2.96 bits per heavy atom. The van der Waals surface area contributed by atoms with Gasteiger partial charge in [-0.05, 0) is 43.0 Å². The van der Waals surface area contributed by atoms with E-state index in [0.29, 0.717) is 0 Å². The number of allylic oxidation sites excluding steroid dienone is 2. The lowest BCUT2D eigenvalue weighted by Gasteiger charge is -2.32. The number of aliphatic imine (C=N–C) groups is 1. The van der Waals surface area contributed by atoms with Gasteiger partial charge in [0.25, 0.3) is 0 Å². The van der Waals surface area contributed by atoms with E-state index in [1.807, 2.05) is 0 Å². The number of hydrazine groups is 1. The Labute approximate surface area is 145 Å². The Morgan fingerprint density at radius 1 is 1.54 bits per heavy atom. The van der Waals surface area contributed by atoms with Crippen molar-refractivity contribution in [2.24, 2.45) is 16.5 Å². The third-order valence-corrected chi connectivity index (χ3v) is 4.52. The van der Waals surface area contributed by atoms with Gasteiger partial charge in [0.2, 0.25) is 5.91 Å². The molecule has 134 valence electrons. The van der Waals surface area contributed by atoms with Gasteiger partial charge in [0.05, 0.1) is 11.9 Å². The molecule has 0 radical (unpaired) electrons. The van der Waals surface area contributed by atoms with Crippen molar-refractivity contribution in [2.75, 3.05) is 26.8 Å². The molecule has 0 aromatic carbocycles. The van der Waals surface area contributed by atoms with E-state index in [1.54, 1.807) is 12.2 Å². The van der Waals surface area contributed by atoms with E-state index in [-0.39, 0.29) is 24.1 Å². The first-order valence-corrected chi connectivity index (χ1v) is 8.63. The van der Waals surface area contributed by atoms with Crippen LogP contribution in [-0.4, -0.2) is 54.3 Å². The van der Waals surface area contributed by atoms with Crippen molar-refractivity contribution in [1.29, 1.82) is 0 Å². The van der Waals surface area contributed by atoms with E-state index < -0.39 is 0 Å². The SMILES string of the molecule is COCC(=O)NC1NNC(=NC2CCN(/C(N)=C/C=C\N)CC2)S1. The Bertz CT molecular complexity index is 515. The highest BCUT2D eigenvalue weighted by Gasteiger charge is 2.25. The number of carbonyl (C=O) groups is 1. The number of hydrogen-bond donors (Lipinski definition) is 5. The van der Waals surface area contributed by atoms with Crippen molar-refractivity contribution < 1.29 is 9.53 Å². The first kappa shape index (κ1) is 18.4. The summed E-state index contributed by atoms with van der Waals surface area (Å²) in [6.07, 6.45) is 6.84. The molecule has 10 heteroatoms. The Morgan fingerprint density at radius 2 is 2.29 bits per heavy atom. The molecule has 2 heterocycles. The zero-order valence-electron chi connectivity index (χ0n) is 13.7. The molecule has 24 heavy (non-hydrogen) atoms. The number of rotatable bonds is 6. The molecule has 0 aliphatic carbocycles. The molecule has 2 saturated heterocycles. The molecule has 2 rings (SSSR count). The smallest absolute Gasteiger partial charge is 0.247 e. The van der Waals surface area contributed by atoms with Crippen LogP contribution in [0.3, 0.4) is 0 Å². The van der Waals surface area contributed by atoms with Gasteiger partial charge < -0.3 is 26.4 Å². The van der Waals surface area contributed by atoms with E-state index in [1.165, 1.54) is 25.1 Å². The number of nitrogens with two attached hydrogens (primary N) is 2. The summed E-state index contributed by atoms with van der Waals surface area (Å²) in [6, 6.07) is 0.240. The average Bonchev–Trinajstić information content (AvgIpc) is 3.00. The summed E-state index contributed by atoms with van der Waals surface area (Å²) in [5, 5.41) is 3.57. The predicted octanol–water partition coefficient (Wildman–Crippen LogP) is -1.03. The molecule has 1 unspecified atom stereocenters. The Balaban J connectivity index is 1.77.